The van der Waals surface area contributed by atoms with Crippen molar-refractivity contribution in [3.8, 4) is 0 Å². The minimum absolute atomic E-state index is 0.580. The van der Waals surface area contributed by atoms with Crippen LogP contribution in [0.25, 0.3) is 5.52 Å². The fraction of sp³-hybridized carbons (Fsp3) is 0.562. The molecule has 110 valence electrons. The maximum atomic E-state index is 4.37. The van der Waals surface area contributed by atoms with Crippen molar-refractivity contribution in [2.24, 2.45) is 5.92 Å². The number of aromatic nitrogens is 2. The highest BCUT2D eigenvalue weighted by Crippen LogP contribution is 2.11. The van der Waals surface area contributed by atoms with Crippen molar-refractivity contribution in [3.05, 3.63) is 36.2 Å². The summed E-state index contributed by atoms with van der Waals surface area (Å²) in [4.78, 5) is 2.31. The number of likely N-dealkylation sites (N-methyl/N-ethyl adjacent to an activating group) is 1. The molecule has 1 N–H and O–H groups in total. The number of hydrogen-bond acceptors (Lipinski definition) is 3. The van der Waals surface area contributed by atoms with Crippen LogP contribution in [0, 0.1) is 5.92 Å². The van der Waals surface area contributed by atoms with Gasteiger partial charge in [-0.1, -0.05) is 19.9 Å². The van der Waals surface area contributed by atoms with E-state index in [9.17, 15) is 0 Å². The van der Waals surface area contributed by atoms with E-state index >= 15 is 0 Å². The monoisotopic (exact) mass is 274 g/mol. The van der Waals surface area contributed by atoms with Crippen molar-refractivity contribution in [1.82, 2.24) is 19.8 Å². The van der Waals surface area contributed by atoms with Crippen LogP contribution in [0.15, 0.2) is 30.6 Å². The number of rotatable bonds is 7. The van der Waals surface area contributed by atoms with Crippen LogP contribution in [0.3, 0.4) is 0 Å². The first-order chi connectivity index (χ1) is 9.58. The highest BCUT2D eigenvalue weighted by atomic mass is 15.2. The van der Waals surface area contributed by atoms with Gasteiger partial charge in [-0.05, 0) is 38.6 Å². The van der Waals surface area contributed by atoms with Crippen LogP contribution in [-0.4, -0.2) is 41.2 Å². The van der Waals surface area contributed by atoms with Crippen molar-refractivity contribution in [1.29, 1.82) is 0 Å². The molecular weight excluding hydrogens is 248 g/mol. The molecule has 0 spiro atoms. The van der Waals surface area contributed by atoms with Gasteiger partial charge in [-0.2, -0.15) is 5.10 Å². The predicted molar refractivity (Wildman–Crippen MR) is 83.8 cm³/mol. The molecular formula is C16H26N4. The van der Waals surface area contributed by atoms with E-state index in [1.807, 2.05) is 23.0 Å². The normalized spacial score (nSPS) is 13.5. The second-order valence-corrected chi connectivity index (χ2v) is 6.08. The Kier molecular flexibility index (Phi) is 5.15. The fourth-order valence-corrected chi connectivity index (χ4v) is 2.52. The van der Waals surface area contributed by atoms with E-state index in [2.05, 4.69) is 55.4 Å². The summed E-state index contributed by atoms with van der Waals surface area (Å²) in [7, 11) is 4.31. The van der Waals surface area contributed by atoms with Gasteiger partial charge < -0.3 is 10.2 Å². The SMILES string of the molecule is CC(C)CC(CNCc1cnn2ccccc12)N(C)C. The highest BCUT2D eigenvalue weighted by molar-refractivity contribution is 5.53. The fourth-order valence-electron chi connectivity index (χ4n) is 2.52. The van der Waals surface area contributed by atoms with Crippen LogP contribution in [0.1, 0.15) is 25.8 Å². The molecule has 0 fully saturated rings. The van der Waals surface area contributed by atoms with Crippen molar-refractivity contribution in [2.45, 2.75) is 32.9 Å². The third-order valence-corrected chi connectivity index (χ3v) is 3.68. The van der Waals surface area contributed by atoms with E-state index in [1.54, 1.807) is 0 Å². The quantitative estimate of drug-likeness (QED) is 0.841. The third-order valence-electron chi connectivity index (χ3n) is 3.68. The Hall–Kier alpha value is -1.39. The molecule has 4 nitrogen and oxygen atoms in total. The Morgan fingerprint density at radius 3 is 2.80 bits per heavy atom. The zero-order valence-electron chi connectivity index (χ0n) is 13.0. The molecule has 0 aliphatic heterocycles. The van der Waals surface area contributed by atoms with Crippen LogP contribution in [-0.2, 0) is 6.54 Å². The van der Waals surface area contributed by atoms with E-state index in [4.69, 9.17) is 0 Å². The molecule has 0 bridgehead atoms. The molecule has 2 heterocycles. The lowest BCUT2D eigenvalue weighted by molar-refractivity contribution is 0.247. The average Bonchev–Trinajstić information content (AvgIpc) is 2.80. The minimum atomic E-state index is 0.580. The molecule has 2 aromatic rings. The van der Waals surface area contributed by atoms with Crippen molar-refractivity contribution < 1.29 is 0 Å². The molecule has 0 saturated carbocycles. The molecule has 0 aliphatic carbocycles. The van der Waals surface area contributed by atoms with E-state index in [-0.39, 0.29) is 0 Å². The first-order valence-corrected chi connectivity index (χ1v) is 7.36. The molecule has 4 heteroatoms. The number of hydrogen-bond donors (Lipinski definition) is 1. The third kappa shape index (κ3) is 3.81. The molecule has 1 unspecified atom stereocenters. The van der Waals surface area contributed by atoms with Crippen molar-refractivity contribution >= 4 is 5.52 Å². The van der Waals surface area contributed by atoms with Crippen molar-refractivity contribution in [2.75, 3.05) is 20.6 Å². The van der Waals surface area contributed by atoms with Crippen LogP contribution < -0.4 is 5.32 Å². The van der Waals surface area contributed by atoms with Crippen LogP contribution in [0.4, 0.5) is 0 Å². The molecule has 0 radical (unpaired) electrons. The summed E-state index contributed by atoms with van der Waals surface area (Å²) in [6.07, 6.45) is 5.16. The number of nitrogens with zero attached hydrogens (tertiary/aromatic N) is 3. The van der Waals surface area contributed by atoms with Gasteiger partial charge in [-0.3, -0.25) is 0 Å². The number of pyridine rings is 1. The van der Waals surface area contributed by atoms with Crippen LogP contribution >= 0.6 is 0 Å². The summed E-state index contributed by atoms with van der Waals surface area (Å²) in [5.74, 6) is 0.723. The van der Waals surface area contributed by atoms with Gasteiger partial charge in [-0.15, -0.1) is 0 Å². The van der Waals surface area contributed by atoms with Crippen LogP contribution in [0.2, 0.25) is 0 Å². The molecule has 0 aromatic carbocycles. The molecule has 0 aliphatic rings. The Labute approximate surface area is 121 Å². The topological polar surface area (TPSA) is 32.6 Å². The van der Waals surface area contributed by atoms with E-state index in [0.717, 1.165) is 19.0 Å². The Balaban J connectivity index is 1.91. The Morgan fingerprint density at radius 2 is 2.10 bits per heavy atom. The van der Waals surface area contributed by atoms with E-state index in [1.165, 1.54) is 17.5 Å². The summed E-state index contributed by atoms with van der Waals surface area (Å²) in [6.45, 7) is 6.44. The summed E-state index contributed by atoms with van der Waals surface area (Å²) in [5.41, 5.74) is 2.44. The van der Waals surface area contributed by atoms with Gasteiger partial charge in [0.1, 0.15) is 0 Å². The van der Waals surface area contributed by atoms with Crippen molar-refractivity contribution in [3.63, 3.8) is 0 Å². The number of fused-ring (bicyclic) bond motifs is 1. The van der Waals surface area contributed by atoms with Gasteiger partial charge in [0.15, 0.2) is 0 Å². The van der Waals surface area contributed by atoms with E-state index < -0.39 is 0 Å². The van der Waals surface area contributed by atoms with Gasteiger partial charge in [0.2, 0.25) is 0 Å². The second-order valence-electron chi connectivity index (χ2n) is 6.08. The largest absolute Gasteiger partial charge is 0.311 e. The lowest BCUT2D eigenvalue weighted by Crippen LogP contribution is -2.38. The van der Waals surface area contributed by atoms with Crippen LogP contribution in [0.5, 0.6) is 0 Å². The standard InChI is InChI=1S/C16H26N4/c1-13(2)9-15(19(3)4)12-17-10-14-11-18-20-8-6-5-7-16(14)20/h5-8,11,13,15,17H,9-10,12H2,1-4H3. The van der Waals surface area contributed by atoms with E-state index in [0.29, 0.717) is 6.04 Å². The predicted octanol–water partition coefficient (Wildman–Crippen LogP) is 2.40. The first kappa shape index (κ1) is 15.0. The summed E-state index contributed by atoms with van der Waals surface area (Å²) in [6, 6.07) is 6.75. The highest BCUT2D eigenvalue weighted by Gasteiger charge is 2.13. The second kappa shape index (κ2) is 6.86. The molecule has 0 saturated heterocycles. The Bertz CT molecular complexity index is 530. The van der Waals surface area contributed by atoms with Gasteiger partial charge >= 0.3 is 0 Å². The van der Waals surface area contributed by atoms with Gasteiger partial charge in [0, 0.05) is 30.9 Å². The van der Waals surface area contributed by atoms with Gasteiger partial charge in [-0.25, -0.2) is 4.52 Å². The lowest BCUT2D eigenvalue weighted by atomic mass is 10.0. The molecule has 1 atom stereocenters. The molecule has 2 rings (SSSR count). The Morgan fingerprint density at radius 1 is 1.30 bits per heavy atom. The average molecular weight is 274 g/mol. The van der Waals surface area contributed by atoms with Gasteiger partial charge in [0.25, 0.3) is 0 Å². The maximum absolute atomic E-state index is 4.37. The zero-order chi connectivity index (χ0) is 14.5. The zero-order valence-corrected chi connectivity index (χ0v) is 13.0. The minimum Gasteiger partial charge on any atom is -0.311 e. The number of nitrogens with one attached hydrogen (secondary N) is 1. The first-order valence-electron chi connectivity index (χ1n) is 7.36. The van der Waals surface area contributed by atoms with Gasteiger partial charge in [0.05, 0.1) is 11.7 Å². The summed E-state index contributed by atoms with van der Waals surface area (Å²) < 4.78 is 1.93. The lowest BCUT2D eigenvalue weighted by Gasteiger charge is -2.26. The molecule has 2 aromatic heterocycles. The molecule has 20 heavy (non-hydrogen) atoms. The smallest absolute Gasteiger partial charge is 0.0706 e. The summed E-state index contributed by atoms with van der Waals surface area (Å²) >= 11 is 0. The maximum Gasteiger partial charge on any atom is 0.0706 e. The molecule has 0 amide bonds. The summed E-state index contributed by atoms with van der Waals surface area (Å²) in [5, 5.41) is 7.94.